The number of nitrogens with one attached hydrogen (secondary N) is 1. The van der Waals surface area contributed by atoms with Crippen LogP contribution in [0.25, 0.3) is 5.65 Å². The SMILES string of the molecule is CCNC(=O)c1ccc(S(=O)(=O)c2ccc(CCC(=O)c3ccc4nccn4c3)cc2)cc1. The lowest BCUT2D eigenvalue weighted by atomic mass is 10.0. The number of amides is 1. The molecule has 2 heterocycles. The lowest BCUT2D eigenvalue weighted by Crippen LogP contribution is -2.22. The first-order valence-electron chi connectivity index (χ1n) is 10.6. The second kappa shape index (κ2) is 9.38. The molecule has 1 N–H and O–H groups in total. The summed E-state index contributed by atoms with van der Waals surface area (Å²) in [4.78, 5) is 28.9. The van der Waals surface area contributed by atoms with Gasteiger partial charge in [-0.25, -0.2) is 13.4 Å². The minimum atomic E-state index is -3.71. The van der Waals surface area contributed by atoms with Gasteiger partial charge in [0.1, 0.15) is 5.65 Å². The normalized spacial score (nSPS) is 11.4. The van der Waals surface area contributed by atoms with Gasteiger partial charge >= 0.3 is 0 Å². The van der Waals surface area contributed by atoms with Crippen molar-refractivity contribution in [2.24, 2.45) is 0 Å². The molecule has 8 heteroatoms. The molecule has 0 fully saturated rings. The minimum absolute atomic E-state index is 0.00879. The average molecular weight is 462 g/mol. The Labute approximate surface area is 192 Å². The molecule has 1 amide bonds. The summed E-state index contributed by atoms with van der Waals surface area (Å²) >= 11 is 0. The summed E-state index contributed by atoms with van der Waals surface area (Å²) in [7, 11) is -3.71. The first-order valence-corrected chi connectivity index (χ1v) is 12.0. The van der Waals surface area contributed by atoms with Crippen molar-refractivity contribution in [3.8, 4) is 0 Å². The number of nitrogens with zero attached hydrogens (tertiary/aromatic N) is 2. The highest BCUT2D eigenvalue weighted by atomic mass is 32.2. The van der Waals surface area contributed by atoms with E-state index in [9.17, 15) is 18.0 Å². The monoisotopic (exact) mass is 461 g/mol. The van der Waals surface area contributed by atoms with Crippen molar-refractivity contribution in [2.45, 2.75) is 29.6 Å². The number of hydrogen-bond donors (Lipinski definition) is 1. The van der Waals surface area contributed by atoms with Crippen molar-refractivity contribution in [1.82, 2.24) is 14.7 Å². The molecule has 0 aliphatic carbocycles. The van der Waals surface area contributed by atoms with Crippen molar-refractivity contribution in [3.63, 3.8) is 0 Å². The molecule has 0 spiro atoms. The van der Waals surface area contributed by atoms with E-state index in [-0.39, 0.29) is 21.5 Å². The Morgan fingerprint density at radius 2 is 1.55 bits per heavy atom. The Morgan fingerprint density at radius 1 is 0.909 bits per heavy atom. The summed E-state index contributed by atoms with van der Waals surface area (Å²) in [5, 5.41) is 2.68. The number of aromatic nitrogens is 2. The lowest BCUT2D eigenvalue weighted by Gasteiger charge is -2.08. The van der Waals surface area contributed by atoms with Crippen LogP contribution in [0.4, 0.5) is 0 Å². The van der Waals surface area contributed by atoms with E-state index in [2.05, 4.69) is 10.3 Å². The van der Waals surface area contributed by atoms with Crippen molar-refractivity contribution in [2.75, 3.05) is 6.54 Å². The topological polar surface area (TPSA) is 97.6 Å². The first-order chi connectivity index (χ1) is 15.9. The molecule has 0 bridgehead atoms. The molecule has 4 aromatic rings. The maximum atomic E-state index is 12.9. The van der Waals surface area contributed by atoms with Gasteiger partial charge in [-0.2, -0.15) is 0 Å². The number of rotatable bonds is 8. The van der Waals surface area contributed by atoms with Crippen molar-refractivity contribution >= 4 is 27.2 Å². The molecule has 0 aliphatic rings. The van der Waals surface area contributed by atoms with Gasteiger partial charge in [-0.1, -0.05) is 12.1 Å². The number of aryl methyl sites for hydroxylation is 1. The van der Waals surface area contributed by atoms with Gasteiger partial charge in [0.2, 0.25) is 9.84 Å². The molecule has 7 nitrogen and oxygen atoms in total. The van der Waals surface area contributed by atoms with Crippen LogP contribution in [0.3, 0.4) is 0 Å². The molecular weight excluding hydrogens is 438 g/mol. The van der Waals surface area contributed by atoms with Crippen LogP contribution >= 0.6 is 0 Å². The summed E-state index contributed by atoms with van der Waals surface area (Å²) in [6, 6.07) is 16.0. The average Bonchev–Trinajstić information content (AvgIpc) is 3.31. The first kappa shape index (κ1) is 22.4. The third kappa shape index (κ3) is 4.85. The molecule has 2 aromatic carbocycles. The van der Waals surface area contributed by atoms with Crippen LogP contribution in [-0.2, 0) is 16.3 Å². The predicted octanol–water partition coefficient (Wildman–Crippen LogP) is 3.73. The molecule has 4 rings (SSSR count). The van der Waals surface area contributed by atoms with Gasteiger partial charge in [-0.15, -0.1) is 0 Å². The number of sulfone groups is 1. The quantitative estimate of drug-likeness (QED) is 0.403. The standard InChI is InChI=1S/C25H23N3O4S/c1-2-26-25(30)19-6-11-22(12-7-19)33(31,32)21-9-3-18(4-10-21)5-13-23(29)20-8-14-24-27-15-16-28(24)17-20/h3-4,6-12,14-17H,2,5,13H2,1H3,(H,26,30). The summed E-state index contributed by atoms with van der Waals surface area (Å²) in [6.07, 6.45) is 6.04. The lowest BCUT2D eigenvalue weighted by molar-refractivity contribution is 0.0953. The van der Waals surface area contributed by atoms with Crippen LogP contribution in [0, 0.1) is 0 Å². The maximum Gasteiger partial charge on any atom is 0.251 e. The minimum Gasteiger partial charge on any atom is -0.352 e. The highest BCUT2D eigenvalue weighted by Gasteiger charge is 2.18. The number of hydrogen-bond acceptors (Lipinski definition) is 5. The van der Waals surface area contributed by atoms with Gasteiger partial charge in [0.15, 0.2) is 5.78 Å². The fourth-order valence-electron chi connectivity index (χ4n) is 3.51. The molecule has 33 heavy (non-hydrogen) atoms. The number of pyridine rings is 1. The Bertz CT molecular complexity index is 1410. The van der Waals surface area contributed by atoms with E-state index >= 15 is 0 Å². The number of fused-ring (bicyclic) bond motifs is 1. The third-order valence-electron chi connectivity index (χ3n) is 5.35. The van der Waals surface area contributed by atoms with Gasteiger partial charge < -0.3 is 9.72 Å². The number of imidazole rings is 1. The second-order valence-corrected chi connectivity index (χ2v) is 9.51. The number of benzene rings is 2. The fourth-order valence-corrected chi connectivity index (χ4v) is 4.77. The van der Waals surface area contributed by atoms with Crippen molar-refractivity contribution in [1.29, 1.82) is 0 Å². The third-order valence-corrected chi connectivity index (χ3v) is 7.13. The zero-order valence-electron chi connectivity index (χ0n) is 18.1. The summed E-state index contributed by atoms with van der Waals surface area (Å²) in [5.41, 5.74) is 2.67. The smallest absolute Gasteiger partial charge is 0.251 e. The Hall–Kier alpha value is -3.78. The Balaban J connectivity index is 1.42. The van der Waals surface area contributed by atoms with Crippen LogP contribution in [0.1, 0.15) is 39.6 Å². The van der Waals surface area contributed by atoms with Gasteiger partial charge in [0.05, 0.1) is 9.79 Å². The molecule has 0 unspecified atom stereocenters. The predicted molar refractivity (Wildman–Crippen MR) is 124 cm³/mol. The zero-order chi connectivity index (χ0) is 23.4. The summed E-state index contributed by atoms with van der Waals surface area (Å²) in [6.45, 7) is 2.31. The maximum absolute atomic E-state index is 12.9. The summed E-state index contributed by atoms with van der Waals surface area (Å²) < 4.78 is 27.7. The summed E-state index contributed by atoms with van der Waals surface area (Å²) in [5.74, 6) is -0.236. The number of Topliss-reactive ketones (excluding diaryl/α,β-unsaturated/α-hetero) is 1. The molecule has 2 aromatic heterocycles. The number of ketones is 1. The fraction of sp³-hybridized carbons (Fsp3) is 0.160. The molecule has 0 atom stereocenters. The van der Waals surface area contributed by atoms with E-state index in [1.165, 1.54) is 24.3 Å². The van der Waals surface area contributed by atoms with E-state index in [1.54, 1.807) is 59.4 Å². The molecule has 0 radical (unpaired) electrons. The Morgan fingerprint density at radius 3 is 2.21 bits per heavy atom. The van der Waals surface area contributed by atoms with Crippen LogP contribution in [-0.4, -0.2) is 36.0 Å². The van der Waals surface area contributed by atoms with Crippen molar-refractivity contribution in [3.05, 3.63) is 95.9 Å². The van der Waals surface area contributed by atoms with Gasteiger partial charge in [-0.3, -0.25) is 9.59 Å². The van der Waals surface area contributed by atoms with Crippen LogP contribution in [0.5, 0.6) is 0 Å². The Kier molecular flexibility index (Phi) is 6.37. The van der Waals surface area contributed by atoms with E-state index in [0.29, 0.717) is 30.5 Å². The van der Waals surface area contributed by atoms with Crippen molar-refractivity contribution < 1.29 is 18.0 Å². The highest BCUT2D eigenvalue weighted by molar-refractivity contribution is 7.91. The van der Waals surface area contributed by atoms with Crippen LogP contribution in [0.15, 0.2) is 89.0 Å². The largest absolute Gasteiger partial charge is 0.352 e. The second-order valence-electron chi connectivity index (χ2n) is 7.56. The van der Waals surface area contributed by atoms with Gasteiger partial charge in [0.25, 0.3) is 5.91 Å². The van der Waals surface area contributed by atoms with Crippen LogP contribution < -0.4 is 5.32 Å². The molecule has 0 aliphatic heterocycles. The van der Waals surface area contributed by atoms with Gasteiger partial charge in [0, 0.05) is 42.7 Å². The van der Waals surface area contributed by atoms with E-state index in [4.69, 9.17) is 0 Å². The van der Waals surface area contributed by atoms with Crippen LogP contribution in [0.2, 0.25) is 0 Å². The molecule has 0 saturated carbocycles. The highest BCUT2D eigenvalue weighted by Crippen LogP contribution is 2.22. The van der Waals surface area contributed by atoms with E-state index in [0.717, 1.165) is 11.2 Å². The zero-order valence-corrected chi connectivity index (χ0v) is 18.9. The number of carbonyl (C=O) groups excluding carboxylic acids is 2. The van der Waals surface area contributed by atoms with Gasteiger partial charge in [-0.05, 0) is 67.4 Å². The molecular formula is C25H23N3O4S. The van der Waals surface area contributed by atoms with E-state index < -0.39 is 9.84 Å². The molecule has 0 saturated heterocycles. The number of carbonyl (C=O) groups is 2. The molecule has 168 valence electrons. The van der Waals surface area contributed by atoms with E-state index in [1.807, 2.05) is 6.92 Å².